The fourth-order valence-electron chi connectivity index (χ4n) is 1.05. The molecule has 6 heteroatoms. The smallest absolute Gasteiger partial charge is 0.120 e. The molecule has 0 radical (unpaired) electrons. The Morgan fingerprint density at radius 3 is 2.53 bits per heavy atom. The molecule has 0 spiro atoms. The van der Waals surface area contributed by atoms with Crippen LogP contribution in [0.25, 0.3) is 0 Å². The van der Waals surface area contributed by atoms with E-state index in [2.05, 4.69) is 5.32 Å². The summed E-state index contributed by atoms with van der Waals surface area (Å²) in [6, 6.07) is 4.91. The number of anilines is 1. The predicted octanol–water partition coefficient (Wildman–Crippen LogP) is 0.900. The molecule has 0 fully saturated rings. The van der Waals surface area contributed by atoms with E-state index in [-0.39, 0.29) is 37.2 Å². The summed E-state index contributed by atoms with van der Waals surface area (Å²) in [6.07, 6.45) is 0. The van der Waals surface area contributed by atoms with Gasteiger partial charge in [0.25, 0.3) is 0 Å². The molecule has 0 aliphatic carbocycles. The predicted molar refractivity (Wildman–Crippen MR) is 65.8 cm³/mol. The lowest BCUT2D eigenvalue weighted by molar-refractivity contribution is 0.291. The first-order valence-electron chi connectivity index (χ1n) is 4.13. The van der Waals surface area contributed by atoms with Gasteiger partial charge in [0, 0.05) is 24.3 Å². The van der Waals surface area contributed by atoms with Crippen molar-refractivity contribution in [2.75, 3.05) is 18.9 Å². The van der Waals surface area contributed by atoms with Crippen molar-refractivity contribution >= 4 is 30.5 Å². The number of aromatic hydroxyl groups is 1. The van der Waals surface area contributed by atoms with Crippen LogP contribution in [-0.2, 0) is 6.54 Å². The summed E-state index contributed by atoms with van der Waals surface area (Å²) in [4.78, 5) is 0. The number of phenolic OH excluding ortho intramolecular Hbond substituents is 1. The number of nitrogens with two attached hydrogens (primary N) is 1. The highest BCUT2D eigenvalue weighted by Crippen LogP contribution is 2.18. The third-order valence-corrected chi connectivity index (χ3v) is 1.71. The van der Waals surface area contributed by atoms with Gasteiger partial charge in [0.2, 0.25) is 0 Å². The van der Waals surface area contributed by atoms with Crippen molar-refractivity contribution in [3.05, 3.63) is 23.8 Å². The summed E-state index contributed by atoms with van der Waals surface area (Å²) >= 11 is 0. The van der Waals surface area contributed by atoms with Gasteiger partial charge in [-0.05, 0) is 18.2 Å². The Morgan fingerprint density at radius 2 is 1.93 bits per heavy atom. The van der Waals surface area contributed by atoms with Gasteiger partial charge in [0.15, 0.2) is 0 Å². The Bertz CT molecular complexity index is 285. The first-order valence-corrected chi connectivity index (χ1v) is 4.13. The Hall–Kier alpha value is -0.680. The monoisotopic (exact) mass is 254 g/mol. The van der Waals surface area contributed by atoms with Gasteiger partial charge in [-0.15, -0.1) is 24.8 Å². The average Bonchev–Trinajstić information content (AvgIpc) is 2.11. The number of benzene rings is 1. The van der Waals surface area contributed by atoms with Gasteiger partial charge in [-0.1, -0.05) is 0 Å². The van der Waals surface area contributed by atoms with E-state index >= 15 is 0 Å². The second kappa shape index (κ2) is 8.61. The van der Waals surface area contributed by atoms with Gasteiger partial charge in [0.05, 0.1) is 6.61 Å². The maximum absolute atomic E-state index is 9.38. The molecular weight excluding hydrogens is 239 g/mol. The fraction of sp³-hybridized carbons (Fsp3) is 0.333. The van der Waals surface area contributed by atoms with Crippen molar-refractivity contribution in [3.8, 4) is 5.75 Å². The number of halogens is 2. The number of rotatable bonds is 4. The van der Waals surface area contributed by atoms with Gasteiger partial charge >= 0.3 is 0 Å². The second-order valence-electron chi connectivity index (χ2n) is 2.79. The minimum absolute atomic E-state index is 0. The van der Waals surface area contributed by atoms with Crippen LogP contribution in [0.1, 0.15) is 5.56 Å². The van der Waals surface area contributed by atoms with E-state index in [0.29, 0.717) is 18.8 Å². The zero-order valence-corrected chi connectivity index (χ0v) is 9.77. The highest BCUT2D eigenvalue weighted by atomic mass is 35.5. The Labute approximate surface area is 101 Å². The van der Waals surface area contributed by atoms with Crippen molar-refractivity contribution in [1.29, 1.82) is 0 Å². The van der Waals surface area contributed by atoms with Crippen molar-refractivity contribution < 1.29 is 10.2 Å². The largest absolute Gasteiger partial charge is 0.508 e. The first kappa shape index (κ1) is 16.7. The molecule has 0 aliphatic rings. The van der Waals surface area contributed by atoms with Gasteiger partial charge in [-0.3, -0.25) is 0 Å². The third kappa shape index (κ3) is 5.69. The molecule has 0 saturated carbocycles. The van der Waals surface area contributed by atoms with Gasteiger partial charge in [0.1, 0.15) is 5.75 Å². The van der Waals surface area contributed by atoms with E-state index < -0.39 is 0 Å². The number of hydrogen-bond donors (Lipinski definition) is 4. The molecule has 1 aromatic rings. The minimum Gasteiger partial charge on any atom is -0.508 e. The molecule has 1 rings (SSSR count). The van der Waals surface area contributed by atoms with E-state index in [0.717, 1.165) is 5.56 Å². The zero-order chi connectivity index (χ0) is 9.68. The Kier molecular flexibility index (Phi) is 9.61. The number of aliphatic hydroxyl groups excluding tert-OH is 1. The van der Waals surface area contributed by atoms with Crippen LogP contribution in [-0.4, -0.2) is 23.4 Å². The lowest BCUT2D eigenvalue weighted by Crippen LogP contribution is -2.17. The van der Waals surface area contributed by atoms with Crippen molar-refractivity contribution in [2.24, 2.45) is 0 Å². The summed E-state index contributed by atoms with van der Waals surface area (Å²) in [6.45, 7) is 1.11. The zero-order valence-electron chi connectivity index (χ0n) is 8.14. The third-order valence-electron chi connectivity index (χ3n) is 1.71. The maximum Gasteiger partial charge on any atom is 0.120 e. The van der Waals surface area contributed by atoms with Crippen LogP contribution in [0.2, 0.25) is 0 Å². The molecule has 88 valence electrons. The molecule has 1 aromatic carbocycles. The van der Waals surface area contributed by atoms with E-state index in [1.807, 2.05) is 0 Å². The lowest BCUT2D eigenvalue weighted by atomic mass is 10.2. The van der Waals surface area contributed by atoms with Crippen LogP contribution in [0.4, 0.5) is 5.69 Å². The molecule has 4 nitrogen and oxygen atoms in total. The number of hydrogen-bond acceptors (Lipinski definition) is 4. The molecule has 0 bridgehead atoms. The summed E-state index contributed by atoms with van der Waals surface area (Å²) < 4.78 is 0. The van der Waals surface area contributed by atoms with E-state index in [1.165, 1.54) is 0 Å². The summed E-state index contributed by atoms with van der Waals surface area (Å²) in [5.41, 5.74) is 6.91. The minimum atomic E-state index is 0. The molecule has 0 heterocycles. The van der Waals surface area contributed by atoms with Gasteiger partial charge in [-0.2, -0.15) is 0 Å². The summed E-state index contributed by atoms with van der Waals surface area (Å²) in [5.74, 6) is 0.222. The topological polar surface area (TPSA) is 78.5 Å². The molecule has 0 aromatic heterocycles. The highest BCUT2D eigenvalue weighted by molar-refractivity contribution is 5.85. The Morgan fingerprint density at radius 1 is 1.27 bits per heavy atom. The highest BCUT2D eigenvalue weighted by Gasteiger charge is 1.99. The van der Waals surface area contributed by atoms with Crippen LogP contribution >= 0.6 is 24.8 Å². The molecule has 0 atom stereocenters. The van der Waals surface area contributed by atoms with E-state index in [4.69, 9.17) is 10.8 Å². The fourth-order valence-corrected chi connectivity index (χ4v) is 1.05. The van der Waals surface area contributed by atoms with Crippen molar-refractivity contribution in [2.45, 2.75) is 6.54 Å². The van der Waals surface area contributed by atoms with Crippen LogP contribution in [0.15, 0.2) is 18.2 Å². The molecule has 15 heavy (non-hydrogen) atoms. The van der Waals surface area contributed by atoms with Gasteiger partial charge in [-0.25, -0.2) is 0 Å². The molecule has 0 aliphatic heterocycles. The standard InChI is InChI=1S/C9H14N2O2.2ClH/c10-8-1-2-9(13)7(5-8)6-11-3-4-12;;/h1-2,5,11-13H,3-4,6,10H2;2*1H. The van der Waals surface area contributed by atoms with Crippen LogP contribution in [0.5, 0.6) is 5.75 Å². The Balaban J connectivity index is 0. The SMILES string of the molecule is Cl.Cl.Nc1ccc(O)c(CNCCO)c1. The van der Waals surface area contributed by atoms with Crippen LogP contribution < -0.4 is 11.1 Å². The second-order valence-corrected chi connectivity index (χ2v) is 2.79. The van der Waals surface area contributed by atoms with E-state index in [9.17, 15) is 5.11 Å². The van der Waals surface area contributed by atoms with Crippen molar-refractivity contribution in [1.82, 2.24) is 5.32 Å². The quantitative estimate of drug-likeness (QED) is 0.366. The lowest BCUT2D eigenvalue weighted by Gasteiger charge is -2.06. The average molecular weight is 255 g/mol. The number of aliphatic hydroxyl groups is 1. The molecule has 5 N–H and O–H groups in total. The van der Waals surface area contributed by atoms with Crippen LogP contribution in [0.3, 0.4) is 0 Å². The molecule has 0 saturated heterocycles. The molecule has 0 amide bonds. The van der Waals surface area contributed by atoms with Gasteiger partial charge < -0.3 is 21.3 Å². The van der Waals surface area contributed by atoms with Crippen molar-refractivity contribution in [3.63, 3.8) is 0 Å². The normalized spacial score (nSPS) is 8.87. The molecule has 0 unspecified atom stereocenters. The number of nitrogen functional groups attached to an aromatic ring is 1. The summed E-state index contributed by atoms with van der Waals surface area (Å²) in [7, 11) is 0. The number of nitrogens with one attached hydrogen (secondary N) is 1. The number of phenols is 1. The summed E-state index contributed by atoms with van der Waals surface area (Å²) in [5, 5.41) is 20.8. The molecular formula is C9H16Cl2N2O2. The first-order chi connectivity index (χ1) is 6.24. The van der Waals surface area contributed by atoms with Crippen LogP contribution in [0, 0.1) is 0 Å². The van der Waals surface area contributed by atoms with E-state index in [1.54, 1.807) is 18.2 Å². The maximum atomic E-state index is 9.38.